The summed E-state index contributed by atoms with van der Waals surface area (Å²) in [6.07, 6.45) is 2.18. The van der Waals surface area contributed by atoms with E-state index >= 15 is 0 Å². The molecule has 33 heavy (non-hydrogen) atoms. The lowest BCUT2D eigenvalue weighted by atomic mass is 10.1. The summed E-state index contributed by atoms with van der Waals surface area (Å²) in [4.78, 5) is 25.5. The van der Waals surface area contributed by atoms with Crippen LogP contribution in [0.2, 0.25) is 0 Å². The smallest absolute Gasteiger partial charge is 0.303 e. The number of ether oxygens (including phenoxy) is 1. The van der Waals surface area contributed by atoms with Crippen molar-refractivity contribution in [2.24, 2.45) is 0 Å². The van der Waals surface area contributed by atoms with Gasteiger partial charge in [-0.05, 0) is 48.2 Å². The number of hydrogen-bond acceptors (Lipinski definition) is 5. The Bertz CT molecular complexity index is 1110. The number of hydrogen-bond donors (Lipinski definition) is 1. The van der Waals surface area contributed by atoms with E-state index in [9.17, 15) is 14.0 Å². The van der Waals surface area contributed by atoms with Crippen molar-refractivity contribution in [1.29, 1.82) is 0 Å². The number of nitrogens with zero attached hydrogens (tertiary/aromatic N) is 2. The van der Waals surface area contributed by atoms with Gasteiger partial charge < -0.3 is 19.3 Å². The molecule has 8 heteroatoms. The summed E-state index contributed by atoms with van der Waals surface area (Å²) in [6, 6.07) is 15.2. The van der Waals surface area contributed by atoms with E-state index in [-0.39, 0.29) is 43.6 Å². The predicted molar refractivity (Wildman–Crippen MR) is 117 cm³/mol. The Kier molecular flexibility index (Phi) is 7.02. The Labute approximate surface area is 190 Å². The minimum atomic E-state index is -0.893. The van der Waals surface area contributed by atoms with Crippen molar-refractivity contribution in [3.63, 3.8) is 0 Å². The zero-order valence-electron chi connectivity index (χ0n) is 18.1. The maximum absolute atomic E-state index is 13.3. The molecule has 0 radical (unpaired) electrons. The van der Waals surface area contributed by atoms with Crippen LogP contribution < -0.4 is 4.74 Å². The van der Waals surface area contributed by atoms with Gasteiger partial charge in [0.25, 0.3) is 0 Å². The fourth-order valence-electron chi connectivity index (χ4n) is 3.98. The third kappa shape index (κ3) is 5.97. The van der Waals surface area contributed by atoms with Crippen molar-refractivity contribution < 1.29 is 28.3 Å². The summed E-state index contributed by atoms with van der Waals surface area (Å²) < 4.78 is 24.2. The van der Waals surface area contributed by atoms with Crippen LogP contribution in [0.4, 0.5) is 4.39 Å². The zero-order chi connectivity index (χ0) is 23.2. The number of carbonyl (C=O) groups is 2. The first-order valence-electron chi connectivity index (χ1n) is 10.9. The molecule has 1 aliphatic heterocycles. The van der Waals surface area contributed by atoms with Crippen molar-refractivity contribution in [1.82, 2.24) is 10.1 Å². The molecule has 1 atom stereocenters. The van der Waals surface area contributed by atoms with Gasteiger partial charge in [0.05, 0.1) is 18.9 Å². The topological polar surface area (TPSA) is 92.9 Å². The summed E-state index contributed by atoms with van der Waals surface area (Å²) in [5, 5.41) is 12.9. The van der Waals surface area contributed by atoms with E-state index in [4.69, 9.17) is 14.4 Å². The molecule has 1 amide bonds. The van der Waals surface area contributed by atoms with E-state index in [2.05, 4.69) is 5.16 Å². The SMILES string of the molecule is O=C(O)CCc1cc(C2CCCN2C(=O)Cc2ccc(OCc3cccc(F)c3)cc2)no1. The molecular formula is C25H25FN2O5. The van der Waals surface area contributed by atoms with E-state index < -0.39 is 5.97 Å². The molecule has 1 saturated heterocycles. The van der Waals surface area contributed by atoms with E-state index in [0.717, 1.165) is 24.0 Å². The molecule has 0 bridgehead atoms. The normalized spacial score (nSPS) is 15.5. The highest BCUT2D eigenvalue weighted by molar-refractivity contribution is 5.79. The van der Waals surface area contributed by atoms with Gasteiger partial charge in [0, 0.05) is 19.0 Å². The maximum Gasteiger partial charge on any atom is 0.303 e. The number of aryl methyl sites for hydroxylation is 1. The molecule has 1 unspecified atom stereocenters. The first-order valence-corrected chi connectivity index (χ1v) is 10.9. The van der Waals surface area contributed by atoms with Gasteiger partial charge >= 0.3 is 5.97 Å². The summed E-state index contributed by atoms with van der Waals surface area (Å²) in [5.74, 6) is -0.0316. The van der Waals surface area contributed by atoms with Crippen molar-refractivity contribution >= 4 is 11.9 Å². The Morgan fingerprint density at radius 2 is 1.97 bits per heavy atom. The molecule has 0 spiro atoms. The van der Waals surface area contributed by atoms with Crippen LogP contribution >= 0.6 is 0 Å². The fourth-order valence-corrected chi connectivity index (χ4v) is 3.98. The second-order valence-corrected chi connectivity index (χ2v) is 8.10. The number of aliphatic carboxylic acids is 1. The molecule has 0 aliphatic carbocycles. The van der Waals surface area contributed by atoms with Crippen molar-refractivity contribution in [2.45, 2.75) is 44.8 Å². The number of aromatic nitrogens is 1. The molecular weight excluding hydrogens is 427 g/mol. The van der Waals surface area contributed by atoms with Crippen molar-refractivity contribution in [3.05, 3.63) is 83.0 Å². The highest BCUT2D eigenvalue weighted by atomic mass is 19.1. The number of likely N-dealkylation sites (tertiary alicyclic amines) is 1. The summed E-state index contributed by atoms with van der Waals surface area (Å²) in [5.41, 5.74) is 2.28. The van der Waals surface area contributed by atoms with Gasteiger partial charge in [-0.15, -0.1) is 0 Å². The number of carboxylic acid groups (broad SMARTS) is 1. The highest BCUT2D eigenvalue weighted by Gasteiger charge is 2.32. The second kappa shape index (κ2) is 10.3. The Balaban J connectivity index is 1.33. The Morgan fingerprint density at radius 3 is 2.73 bits per heavy atom. The number of benzene rings is 2. The van der Waals surface area contributed by atoms with E-state index in [0.29, 0.717) is 23.7 Å². The molecule has 1 aromatic heterocycles. The summed E-state index contributed by atoms with van der Waals surface area (Å²) in [7, 11) is 0. The molecule has 2 heterocycles. The minimum Gasteiger partial charge on any atom is -0.489 e. The van der Waals surface area contributed by atoms with Crippen LogP contribution in [-0.4, -0.2) is 33.6 Å². The maximum atomic E-state index is 13.3. The number of carbonyl (C=O) groups excluding carboxylic acids is 1. The number of halogens is 1. The lowest BCUT2D eigenvalue weighted by Crippen LogP contribution is -2.32. The molecule has 4 rings (SSSR count). The van der Waals surface area contributed by atoms with Gasteiger partial charge in [-0.25, -0.2) is 4.39 Å². The standard InChI is InChI=1S/C25H25FN2O5/c26-19-4-1-3-18(13-19)16-32-20-8-6-17(7-9-20)14-24(29)28-12-2-5-23(28)22-15-21(33-27-22)10-11-25(30)31/h1,3-4,6-9,13,15,23H,2,5,10-12,14,16H2,(H,30,31). The minimum absolute atomic E-state index is 0.000940. The number of carboxylic acids is 1. The van der Waals surface area contributed by atoms with Crippen LogP contribution in [0.3, 0.4) is 0 Å². The molecule has 2 aromatic carbocycles. The largest absolute Gasteiger partial charge is 0.489 e. The Hall–Kier alpha value is -3.68. The van der Waals surface area contributed by atoms with Gasteiger partial charge in [-0.3, -0.25) is 9.59 Å². The number of amides is 1. The van der Waals surface area contributed by atoms with Crippen LogP contribution in [0.15, 0.2) is 59.1 Å². The lowest BCUT2D eigenvalue weighted by Gasteiger charge is -2.23. The number of rotatable bonds is 9. The van der Waals surface area contributed by atoms with Gasteiger partial charge in [-0.1, -0.05) is 29.4 Å². The van der Waals surface area contributed by atoms with E-state index in [1.807, 2.05) is 17.0 Å². The molecule has 3 aromatic rings. The van der Waals surface area contributed by atoms with Crippen LogP contribution in [-0.2, 0) is 29.0 Å². The van der Waals surface area contributed by atoms with Crippen molar-refractivity contribution in [3.8, 4) is 5.75 Å². The molecule has 1 N–H and O–H groups in total. The van der Waals surface area contributed by atoms with Gasteiger partial charge in [0.15, 0.2) is 0 Å². The average molecular weight is 452 g/mol. The highest BCUT2D eigenvalue weighted by Crippen LogP contribution is 2.32. The first-order chi connectivity index (χ1) is 16.0. The lowest BCUT2D eigenvalue weighted by molar-refractivity contribution is -0.137. The third-order valence-corrected chi connectivity index (χ3v) is 5.65. The quantitative estimate of drug-likeness (QED) is 0.520. The predicted octanol–water partition coefficient (Wildman–Crippen LogP) is 4.32. The summed E-state index contributed by atoms with van der Waals surface area (Å²) >= 11 is 0. The third-order valence-electron chi connectivity index (χ3n) is 5.65. The van der Waals surface area contributed by atoms with Gasteiger partial charge in [0.1, 0.15) is 29.6 Å². The van der Waals surface area contributed by atoms with Crippen LogP contribution in [0.1, 0.15) is 47.9 Å². The van der Waals surface area contributed by atoms with Crippen LogP contribution in [0.5, 0.6) is 5.75 Å². The zero-order valence-corrected chi connectivity index (χ0v) is 18.1. The van der Waals surface area contributed by atoms with Crippen LogP contribution in [0.25, 0.3) is 0 Å². The molecule has 1 aliphatic rings. The fraction of sp³-hybridized carbons (Fsp3) is 0.320. The monoisotopic (exact) mass is 452 g/mol. The van der Waals surface area contributed by atoms with Gasteiger partial charge in [-0.2, -0.15) is 0 Å². The molecule has 0 saturated carbocycles. The molecule has 7 nitrogen and oxygen atoms in total. The van der Waals surface area contributed by atoms with Crippen LogP contribution in [0, 0.1) is 5.82 Å². The van der Waals surface area contributed by atoms with E-state index in [1.165, 1.54) is 12.1 Å². The second-order valence-electron chi connectivity index (χ2n) is 8.10. The molecule has 1 fully saturated rings. The average Bonchev–Trinajstić information content (AvgIpc) is 3.47. The molecule has 172 valence electrons. The van der Waals surface area contributed by atoms with E-state index in [1.54, 1.807) is 30.3 Å². The summed E-state index contributed by atoms with van der Waals surface area (Å²) in [6.45, 7) is 0.910. The first kappa shape index (κ1) is 22.5. The van der Waals surface area contributed by atoms with Gasteiger partial charge in [0.2, 0.25) is 5.91 Å². The Morgan fingerprint density at radius 1 is 1.15 bits per heavy atom. The van der Waals surface area contributed by atoms with Crippen molar-refractivity contribution in [2.75, 3.05) is 6.54 Å².